The van der Waals surface area contributed by atoms with E-state index < -0.39 is 13.4 Å². The van der Waals surface area contributed by atoms with E-state index in [-0.39, 0.29) is 0 Å². The van der Waals surface area contributed by atoms with Gasteiger partial charge in [0.05, 0.1) is 13.2 Å². The van der Waals surface area contributed by atoms with Crippen molar-refractivity contribution in [3.8, 4) is 0 Å². The first-order valence-electron chi connectivity index (χ1n) is 8.90. The molecule has 1 N–H and O–H groups in total. The Labute approximate surface area is 151 Å². The quantitative estimate of drug-likeness (QED) is 0.535. The zero-order valence-electron chi connectivity index (χ0n) is 15.1. The topological polar surface area (TPSA) is 47.6 Å². The van der Waals surface area contributed by atoms with Crippen LogP contribution in [0.1, 0.15) is 43.6 Å². The van der Waals surface area contributed by atoms with Gasteiger partial charge in [-0.05, 0) is 24.0 Å². The van der Waals surface area contributed by atoms with Gasteiger partial charge in [-0.1, -0.05) is 74.5 Å². The molecule has 0 spiro atoms. The van der Waals surface area contributed by atoms with Crippen molar-refractivity contribution in [1.82, 2.24) is 5.32 Å². The van der Waals surface area contributed by atoms with Gasteiger partial charge in [0, 0.05) is 6.54 Å². The Morgan fingerprint density at radius 1 is 0.880 bits per heavy atom. The van der Waals surface area contributed by atoms with E-state index in [0.717, 1.165) is 24.0 Å². The zero-order valence-corrected chi connectivity index (χ0v) is 16.0. The van der Waals surface area contributed by atoms with E-state index in [1.807, 2.05) is 74.5 Å². The third-order valence-electron chi connectivity index (χ3n) is 3.72. The molecule has 0 amide bonds. The predicted octanol–water partition coefficient (Wildman–Crippen LogP) is 5.52. The molecule has 0 radical (unpaired) electrons. The summed E-state index contributed by atoms with van der Waals surface area (Å²) in [5, 5.41) is 3.40. The highest BCUT2D eigenvalue weighted by Crippen LogP contribution is 2.59. The van der Waals surface area contributed by atoms with E-state index in [9.17, 15) is 4.57 Å². The van der Waals surface area contributed by atoms with Crippen LogP contribution in [0.4, 0.5) is 0 Å². The molecule has 2 aromatic carbocycles. The molecule has 25 heavy (non-hydrogen) atoms. The fourth-order valence-corrected chi connectivity index (χ4v) is 4.58. The van der Waals surface area contributed by atoms with Gasteiger partial charge in [-0.3, -0.25) is 9.88 Å². The van der Waals surface area contributed by atoms with Gasteiger partial charge in [-0.25, -0.2) is 0 Å². The maximum absolute atomic E-state index is 13.5. The lowest BCUT2D eigenvalue weighted by Crippen LogP contribution is -2.23. The average Bonchev–Trinajstić information content (AvgIpc) is 2.67. The summed E-state index contributed by atoms with van der Waals surface area (Å²) in [5.41, 5.74) is 2.04. The minimum atomic E-state index is -3.33. The van der Waals surface area contributed by atoms with Crippen LogP contribution in [0.15, 0.2) is 60.7 Å². The first-order valence-corrected chi connectivity index (χ1v) is 10.5. The molecule has 0 aliphatic heterocycles. The van der Waals surface area contributed by atoms with E-state index in [4.69, 9.17) is 9.05 Å². The second-order valence-corrected chi connectivity index (χ2v) is 8.00. The smallest absolute Gasteiger partial charge is 0.307 e. The first kappa shape index (κ1) is 19.9. The van der Waals surface area contributed by atoms with E-state index in [1.54, 1.807) is 0 Å². The van der Waals surface area contributed by atoms with Gasteiger partial charge in [0.25, 0.3) is 0 Å². The Bertz CT molecular complexity index is 637. The van der Waals surface area contributed by atoms with Crippen LogP contribution in [0, 0.1) is 0 Å². The number of benzene rings is 2. The average molecular weight is 361 g/mol. The normalized spacial score (nSPS) is 12.9. The van der Waals surface area contributed by atoms with Crippen LogP contribution in [-0.4, -0.2) is 13.2 Å². The molecule has 0 saturated carbocycles. The standard InChI is InChI=1S/C20H28NO3P/c1-3-15-23-25(22,24-16-4-2)20(19-13-9-6-10-14-19)21-17-18-11-7-5-8-12-18/h5-14,20-21H,3-4,15-17H2,1-2H3. The Hall–Kier alpha value is -1.45. The van der Waals surface area contributed by atoms with Crippen molar-refractivity contribution in [3.63, 3.8) is 0 Å². The van der Waals surface area contributed by atoms with Gasteiger partial charge in [0.2, 0.25) is 0 Å². The molecular weight excluding hydrogens is 333 g/mol. The molecular formula is C20H28NO3P. The van der Waals surface area contributed by atoms with Gasteiger partial charge in [-0.15, -0.1) is 0 Å². The summed E-state index contributed by atoms with van der Waals surface area (Å²) in [4.78, 5) is 0. The fraction of sp³-hybridized carbons (Fsp3) is 0.400. The van der Waals surface area contributed by atoms with Crippen LogP contribution in [0.5, 0.6) is 0 Å². The maximum atomic E-state index is 13.5. The SMILES string of the molecule is CCCOP(=O)(OCCC)C(NCc1ccccc1)c1ccccc1. The molecule has 0 bridgehead atoms. The summed E-state index contributed by atoms with van der Waals surface area (Å²) in [5.74, 6) is -0.494. The lowest BCUT2D eigenvalue weighted by atomic mass is 10.2. The molecule has 0 aromatic heterocycles. The molecule has 0 fully saturated rings. The second kappa shape index (κ2) is 10.5. The summed E-state index contributed by atoms with van der Waals surface area (Å²) >= 11 is 0. The maximum Gasteiger partial charge on any atom is 0.351 e. The van der Waals surface area contributed by atoms with E-state index in [2.05, 4.69) is 5.32 Å². The van der Waals surface area contributed by atoms with Gasteiger partial charge in [0.15, 0.2) is 0 Å². The molecule has 2 rings (SSSR count). The van der Waals surface area contributed by atoms with E-state index in [0.29, 0.717) is 19.8 Å². The van der Waals surface area contributed by atoms with Crippen molar-refractivity contribution in [2.24, 2.45) is 0 Å². The molecule has 1 unspecified atom stereocenters. The predicted molar refractivity (Wildman–Crippen MR) is 103 cm³/mol. The first-order chi connectivity index (χ1) is 12.2. The lowest BCUT2D eigenvalue weighted by Gasteiger charge is -2.28. The summed E-state index contributed by atoms with van der Waals surface area (Å²) in [7, 11) is -3.33. The Morgan fingerprint density at radius 2 is 1.40 bits per heavy atom. The van der Waals surface area contributed by atoms with Crippen molar-refractivity contribution in [1.29, 1.82) is 0 Å². The van der Waals surface area contributed by atoms with Crippen molar-refractivity contribution in [3.05, 3.63) is 71.8 Å². The van der Waals surface area contributed by atoms with Crippen molar-refractivity contribution in [2.45, 2.75) is 39.0 Å². The van der Waals surface area contributed by atoms with Crippen LogP contribution in [0.2, 0.25) is 0 Å². The Morgan fingerprint density at radius 3 is 1.92 bits per heavy atom. The largest absolute Gasteiger partial charge is 0.351 e. The van der Waals surface area contributed by atoms with Crippen LogP contribution in [-0.2, 0) is 20.2 Å². The van der Waals surface area contributed by atoms with Crippen molar-refractivity contribution >= 4 is 7.60 Å². The summed E-state index contributed by atoms with van der Waals surface area (Å²) < 4.78 is 25.1. The number of hydrogen-bond donors (Lipinski definition) is 1. The minimum absolute atomic E-state index is 0.414. The monoisotopic (exact) mass is 361 g/mol. The van der Waals surface area contributed by atoms with Gasteiger partial charge in [-0.2, -0.15) is 0 Å². The van der Waals surface area contributed by atoms with Crippen LogP contribution < -0.4 is 5.32 Å². The summed E-state index contributed by atoms with van der Waals surface area (Å²) in [6.07, 6.45) is 1.58. The zero-order chi connectivity index (χ0) is 18.0. The molecule has 1 atom stereocenters. The van der Waals surface area contributed by atoms with E-state index in [1.165, 1.54) is 0 Å². The van der Waals surface area contributed by atoms with Crippen LogP contribution in [0.25, 0.3) is 0 Å². The van der Waals surface area contributed by atoms with Gasteiger partial charge in [0.1, 0.15) is 5.78 Å². The molecule has 0 aliphatic carbocycles. The molecule has 136 valence electrons. The number of nitrogens with one attached hydrogen (secondary N) is 1. The highest BCUT2D eigenvalue weighted by molar-refractivity contribution is 7.54. The minimum Gasteiger partial charge on any atom is -0.307 e. The highest BCUT2D eigenvalue weighted by Gasteiger charge is 2.36. The molecule has 5 heteroatoms. The van der Waals surface area contributed by atoms with Crippen LogP contribution in [0.3, 0.4) is 0 Å². The van der Waals surface area contributed by atoms with Gasteiger partial charge >= 0.3 is 7.60 Å². The van der Waals surface area contributed by atoms with Crippen LogP contribution >= 0.6 is 7.60 Å². The molecule has 0 heterocycles. The molecule has 4 nitrogen and oxygen atoms in total. The summed E-state index contributed by atoms with van der Waals surface area (Å²) in [6.45, 7) is 5.42. The Balaban J connectivity index is 2.25. The molecule has 0 saturated heterocycles. The van der Waals surface area contributed by atoms with E-state index >= 15 is 0 Å². The Kier molecular flexibility index (Phi) is 8.36. The van der Waals surface area contributed by atoms with Gasteiger partial charge < -0.3 is 9.05 Å². The summed E-state index contributed by atoms with van der Waals surface area (Å²) in [6, 6.07) is 19.8. The molecule has 0 aliphatic rings. The number of hydrogen-bond acceptors (Lipinski definition) is 4. The third kappa shape index (κ3) is 6.09. The molecule has 2 aromatic rings. The lowest BCUT2D eigenvalue weighted by molar-refractivity contribution is 0.192. The third-order valence-corrected chi connectivity index (χ3v) is 5.92. The van der Waals surface area contributed by atoms with Crippen molar-refractivity contribution < 1.29 is 13.6 Å². The fourth-order valence-electron chi connectivity index (χ4n) is 2.48. The number of rotatable bonds is 11. The second-order valence-electron chi connectivity index (χ2n) is 5.89. The highest BCUT2D eigenvalue weighted by atomic mass is 31.2. The van der Waals surface area contributed by atoms with Crippen molar-refractivity contribution in [2.75, 3.05) is 13.2 Å².